The number of fused-ring (bicyclic) bond motifs is 3. The summed E-state index contributed by atoms with van der Waals surface area (Å²) < 4.78 is 27.4. The number of hydrogen-bond donors (Lipinski definition) is 1. The Morgan fingerprint density at radius 2 is 1.90 bits per heavy atom. The van der Waals surface area contributed by atoms with Crippen LogP contribution in [0.1, 0.15) is 17.2 Å². The van der Waals surface area contributed by atoms with Gasteiger partial charge in [-0.25, -0.2) is 0 Å². The van der Waals surface area contributed by atoms with E-state index in [4.69, 9.17) is 4.74 Å². The van der Waals surface area contributed by atoms with Gasteiger partial charge in [-0.05, 0) is 51.9 Å². The molecular formula is C16H14NO3S-. The summed E-state index contributed by atoms with van der Waals surface area (Å²) in [5.41, 5.74) is 4.71. The van der Waals surface area contributed by atoms with Crippen molar-refractivity contribution in [2.45, 2.75) is 23.6 Å². The Hall–Kier alpha value is -1.53. The molecular weight excluding hydrogens is 286 g/mol. The van der Waals surface area contributed by atoms with Crippen LogP contribution in [0, 0.1) is 0 Å². The van der Waals surface area contributed by atoms with E-state index < -0.39 is 11.1 Å². The van der Waals surface area contributed by atoms with Gasteiger partial charge in [0.2, 0.25) is 0 Å². The minimum Gasteiger partial charge on any atom is -0.768 e. The van der Waals surface area contributed by atoms with Crippen LogP contribution in [-0.2, 0) is 22.2 Å². The molecule has 5 heteroatoms. The van der Waals surface area contributed by atoms with Gasteiger partial charge in [0, 0.05) is 11.4 Å². The van der Waals surface area contributed by atoms with E-state index in [-0.39, 0.29) is 12.3 Å². The van der Waals surface area contributed by atoms with Crippen LogP contribution in [0.15, 0.2) is 47.4 Å². The average molecular weight is 300 g/mol. The quantitative estimate of drug-likeness (QED) is 0.681. The van der Waals surface area contributed by atoms with Crippen molar-refractivity contribution in [3.05, 3.63) is 53.6 Å². The molecule has 0 aliphatic carbocycles. The number of rotatable bonds is 2. The third-order valence-electron chi connectivity index (χ3n) is 4.06. The van der Waals surface area contributed by atoms with Gasteiger partial charge in [-0.2, -0.15) is 0 Å². The van der Waals surface area contributed by atoms with Crippen molar-refractivity contribution in [1.29, 1.82) is 0 Å². The fourth-order valence-electron chi connectivity index (χ4n) is 2.89. The minimum absolute atomic E-state index is 0.184. The van der Waals surface area contributed by atoms with Gasteiger partial charge >= 0.3 is 0 Å². The van der Waals surface area contributed by atoms with Crippen molar-refractivity contribution in [3.8, 4) is 11.1 Å². The lowest BCUT2D eigenvalue weighted by Gasteiger charge is -2.10. The second kappa shape index (κ2) is 5.03. The fraction of sp³-hybridized carbons (Fsp3) is 0.250. The van der Waals surface area contributed by atoms with Gasteiger partial charge in [-0.3, -0.25) is 9.53 Å². The molecule has 0 spiro atoms. The molecule has 0 bridgehead atoms. The summed E-state index contributed by atoms with van der Waals surface area (Å²) in [4.78, 5) is 0.312. The predicted octanol–water partition coefficient (Wildman–Crippen LogP) is 2.13. The van der Waals surface area contributed by atoms with Crippen molar-refractivity contribution < 1.29 is 13.5 Å². The molecule has 0 radical (unpaired) electrons. The highest BCUT2D eigenvalue weighted by Gasteiger charge is 2.42. The molecule has 108 valence electrons. The number of hydrogen-bond acceptors (Lipinski definition) is 4. The molecule has 21 heavy (non-hydrogen) atoms. The molecule has 2 aliphatic heterocycles. The first kappa shape index (κ1) is 13.2. The average Bonchev–Trinajstić information content (AvgIpc) is 3.27. The molecule has 2 aromatic carbocycles. The Balaban J connectivity index is 1.69. The largest absolute Gasteiger partial charge is 0.768 e. The topological polar surface area (TPSA) is 64.7 Å². The Kier molecular flexibility index (Phi) is 3.15. The maximum atomic E-state index is 10.9. The monoisotopic (exact) mass is 300 g/mol. The molecule has 2 heterocycles. The zero-order valence-electron chi connectivity index (χ0n) is 11.2. The second-order valence-electron chi connectivity index (χ2n) is 5.35. The van der Waals surface area contributed by atoms with Crippen LogP contribution in [0.4, 0.5) is 0 Å². The lowest BCUT2D eigenvalue weighted by atomic mass is 9.96. The number of nitrogens with one attached hydrogen (secondary N) is 1. The number of ether oxygens (including phenoxy) is 1. The minimum atomic E-state index is -2.17. The summed E-state index contributed by atoms with van der Waals surface area (Å²) in [7, 11) is 0. The van der Waals surface area contributed by atoms with Gasteiger partial charge in [0.05, 0.1) is 0 Å². The molecule has 0 amide bonds. The Morgan fingerprint density at radius 3 is 2.67 bits per heavy atom. The summed E-state index contributed by atoms with van der Waals surface area (Å²) in [5, 5.41) is 3.35. The summed E-state index contributed by atoms with van der Waals surface area (Å²) in [6.45, 7) is 0.922. The standard InChI is InChI=1S/C16H15NO3S/c18-21(19)13-4-1-10(2-5-13)11-3-6-14-12(9-11)7-8-17-16-15(14)20-16/h1-6,9,15-17H,7-8H2,(H,18,19)/p-1. The van der Waals surface area contributed by atoms with Gasteiger partial charge in [-0.1, -0.05) is 30.3 Å². The molecule has 2 aliphatic rings. The molecule has 3 atom stereocenters. The molecule has 1 saturated heterocycles. The van der Waals surface area contributed by atoms with E-state index in [1.54, 1.807) is 12.1 Å². The van der Waals surface area contributed by atoms with Crippen molar-refractivity contribution >= 4 is 11.1 Å². The molecule has 0 aromatic heterocycles. The molecule has 2 aromatic rings. The maximum Gasteiger partial charge on any atom is 0.139 e. The van der Waals surface area contributed by atoms with Crippen molar-refractivity contribution in [3.63, 3.8) is 0 Å². The van der Waals surface area contributed by atoms with Crippen LogP contribution < -0.4 is 5.32 Å². The molecule has 4 nitrogen and oxygen atoms in total. The first-order valence-electron chi connectivity index (χ1n) is 6.94. The van der Waals surface area contributed by atoms with Crippen LogP contribution in [0.2, 0.25) is 0 Å². The summed E-state index contributed by atoms with van der Waals surface area (Å²) in [5.74, 6) is 0. The SMILES string of the molecule is O=S([O-])c1ccc(-c2ccc3c(c2)CCNC2OC32)cc1. The van der Waals surface area contributed by atoms with Crippen LogP contribution in [0.25, 0.3) is 11.1 Å². The van der Waals surface area contributed by atoms with Gasteiger partial charge < -0.3 is 9.29 Å². The maximum absolute atomic E-state index is 10.9. The van der Waals surface area contributed by atoms with Crippen LogP contribution in [-0.4, -0.2) is 21.5 Å². The van der Waals surface area contributed by atoms with Gasteiger partial charge in [0.1, 0.15) is 12.3 Å². The molecule has 4 rings (SSSR count). The normalized spacial score (nSPS) is 24.6. The van der Waals surface area contributed by atoms with Crippen molar-refractivity contribution in [1.82, 2.24) is 5.32 Å². The third kappa shape index (κ3) is 2.42. The highest BCUT2D eigenvalue weighted by molar-refractivity contribution is 7.79. The van der Waals surface area contributed by atoms with E-state index in [1.807, 2.05) is 12.1 Å². The molecule has 3 unspecified atom stereocenters. The van der Waals surface area contributed by atoms with Gasteiger partial charge in [-0.15, -0.1) is 0 Å². The van der Waals surface area contributed by atoms with Crippen molar-refractivity contribution in [2.75, 3.05) is 6.54 Å². The highest BCUT2D eigenvalue weighted by atomic mass is 32.2. The Morgan fingerprint density at radius 1 is 1.14 bits per heavy atom. The first-order valence-corrected chi connectivity index (χ1v) is 8.01. The summed E-state index contributed by atoms with van der Waals surface area (Å²) in [6, 6.07) is 13.3. The predicted molar refractivity (Wildman–Crippen MR) is 78.4 cm³/mol. The molecule has 0 saturated carbocycles. The van der Waals surface area contributed by atoms with Gasteiger partial charge in [0.25, 0.3) is 0 Å². The lowest BCUT2D eigenvalue weighted by Crippen LogP contribution is -2.18. The second-order valence-corrected chi connectivity index (χ2v) is 6.29. The number of benzene rings is 2. The summed E-state index contributed by atoms with van der Waals surface area (Å²) >= 11 is -2.17. The van der Waals surface area contributed by atoms with E-state index in [2.05, 4.69) is 23.5 Å². The van der Waals surface area contributed by atoms with Crippen LogP contribution in [0.5, 0.6) is 0 Å². The van der Waals surface area contributed by atoms with E-state index in [0.717, 1.165) is 24.1 Å². The first-order chi connectivity index (χ1) is 10.2. The fourth-order valence-corrected chi connectivity index (χ4v) is 3.25. The van der Waals surface area contributed by atoms with Crippen LogP contribution >= 0.6 is 0 Å². The lowest BCUT2D eigenvalue weighted by molar-refractivity contribution is 0.343. The molecule has 1 fully saturated rings. The third-order valence-corrected chi connectivity index (χ3v) is 4.72. The van der Waals surface area contributed by atoms with E-state index in [1.165, 1.54) is 11.1 Å². The Labute approximate surface area is 125 Å². The van der Waals surface area contributed by atoms with E-state index in [9.17, 15) is 8.76 Å². The summed E-state index contributed by atoms with van der Waals surface area (Å²) in [6.07, 6.45) is 1.37. The van der Waals surface area contributed by atoms with E-state index in [0.29, 0.717) is 4.90 Å². The number of epoxide rings is 1. The van der Waals surface area contributed by atoms with Crippen molar-refractivity contribution in [2.24, 2.45) is 0 Å². The van der Waals surface area contributed by atoms with Gasteiger partial charge in [0.15, 0.2) is 0 Å². The van der Waals surface area contributed by atoms with E-state index >= 15 is 0 Å². The highest BCUT2D eigenvalue weighted by Crippen LogP contribution is 2.41. The van der Waals surface area contributed by atoms with Crippen LogP contribution in [0.3, 0.4) is 0 Å². The Bertz CT molecular complexity index is 714. The smallest absolute Gasteiger partial charge is 0.139 e. The zero-order chi connectivity index (χ0) is 14.4. The molecule has 1 N–H and O–H groups in total. The zero-order valence-corrected chi connectivity index (χ0v) is 12.1.